The van der Waals surface area contributed by atoms with Crippen LogP contribution in [0.2, 0.25) is 0 Å². The predicted molar refractivity (Wildman–Crippen MR) is 135 cm³/mol. The number of hydrogen-bond acceptors (Lipinski definition) is 0. The van der Waals surface area contributed by atoms with E-state index in [2.05, 4.69) is 0 Å². The highest BCUT2D eigenvalue weighted by atomic mass is 19.4. The largest absolute Gasteiger partial charge is 0.417 e. The molecule has 6 aromatic carbocycles. The molecule has 164 valence electrons. The molecule has 6 rings (SSSR count). The van der Waals surface area contributed by atoms with E-state index in [0.717, 1.165) is 38.1 Å². The minimum absolute atomic E-state index is 0.207. The fraction of sp³-hybridized carbons (Fsp3) is 0.0323. The summed E-state index contributed by atoms with van der Waals surface area (Å²) in [6.45, 7) is 0. The average molecular weight is 448 g/mol. The van der Waals surface area contributed by atoms with Crippen molar-refractivity contribution in [2.45, 2.75) is 6.18 Å². The zero-order valence-electron chi connectivity index (χ0n) is 18.1. The molecule has 0 aliphatic heterocycles. The van der Waals surface area contributed by atoms with Crippen molar-refractivity contribution in [3.63, 3.8) is 0 Å². The molecule has 0 aliphatic rings. The molecule has 0 aliphatic carbocycles. The van der Waals surface area contributed by atoms with Crippen LogP contribution in [0, 0.1) is 0 Å². The van der Waals surface area contributed by atoms with Gasteiger partial charge >= 0.3 is 6.18 Å². The van der Waals surface area contributed by atoms with Gasteiger partial charge in [0, 0.05) is 0 Å². The first-order valence-corrected chi connectivity index (χ1v) is 11.1. The standard InChI is InChI=1S/C31H19F3/c32-31(33,34)28-19-22-13-5-4-12-21(22)18-27(28)30-25-16-8-6-14-23(25)29(20-10-2-1-3-11-20)24-15-7-9-17-26(24)30/h1-19H. The first kappa shape index (κ1) is 20.5. The fourth-order valence-corrected chi connectivity index (χ4v) is 5.02. The summed E-state index contributed by atoms with van der Waals surface area (Å²) in [5.74, 6) is 0. The normalized spacial score (nSPS) is 12.0. The summed E-state index contributed by atoms with van der Waals surface area (Å²) in [5.41, 5.74) is 2.28. The molecule has 0 N–H and O–H groups in total. The van der Waals surface area contributed by atoms with Gasteiger partial charge in [-0.25, -0.2) is 0 Å². The van der Waals surface area contributed by atoms with Gasteiger partial charge in [0.1, 0.15) is 0 Å². The Labute approximate surface area is 194 Å². The highest BCUT2D eigenvalue weighted by molar-refractivity contribution is 6.22. The van der Waals surface area contributed by atoms with E-state index in [1.165, 1.54) is 6.07 Å². The maximum atomic E-state index is 14.4. The number of fused-ring (bicyclic) bond motifs is 3. The topological polar surface area (TPSA) is 0 Å². The van der Waals surface area contributed by atoms with Gasteiger partial charge in [0.15, 0.2) is 0 Å². The monoisotopic (exact) mass is 448 g/mol. The van der Waals surface area contributed by atoms with Gasteiger partial charge in [0.25, 0.3) is 0 Å². The van der Waals surface area contributed by atoms with E-state index in [4.69, 9.17) is 0 Å². The molecule has 0 bridgehead atoms. The maximum absolute atomic E-state index is 14.4. The summed E-state index contributed by atoms with van der Waals surface area (Å²) in [6.07, 6.45) is -4.49. The van der Waals surface area contributed by atoms with Crippen LogP contribution in [0.25, 0.3) is 54.6 Å². The van der Waals surface area contributed by atoms with Crippen molar-refractivity contribution in [3.05, 3.63) is 121 Å². The summed E-state index contributed by atoms with van der Waals surface area (Å²) in [7, 11) is 0. The van der Waals surface area contributed by atoms with Gasteiger partial charge in [-0.15, -0.1) is 0 Å². The van der Waals surface area contributed by atoms with E-state index in [1.54, 1.807) is 18.2 Å². The van der Waals surface area contributed by atoms with Crippen molar-refractivity contribution >= 4 is 32.3 Å². The lowest BCUT2D eigenvalue weighted by Gasteiger charge is -2.21. The maximum Gasteiger partial charge on any atom is 0.417 e. The first-order valence-electron chi connectivity index (χ1n) is 11.1. The summed E-state index contributed by atoms with van der Waals surface area (Å²) < 4.78 is 43.2. The number of hydrogen-bond donors (Lipinski definition) is 0. The minimum Gasteiger partial charge on any atom is -0.166 e. The van der Waals surface area contributed by atoms with Gasteiger partial charge in [-0.1, -0.05) is 103 Å². The smallest absolute Gasteiger partial charge is 0.166 e. The van der Waals surface area contributed by atoms with E-state index >= 15 is 0 Å². The minimum atomic E-state index is -4.49. The Morgan fingerprint density at radius 2 is 0.882 bits per heavy atom. The van der Waals surface area contributed by atoms with Crippen molar-refractivity contribution in [1.82, 2.24) is 0 Å². The Bertz CT molecular complexity index is 1620. The molecular formula is C31H19F3. The highest BCUT2D eigenvalue weighted by Crippen LogP contribution is 2.47. The van der Waals surface area contributed by atoms with Crippen LogP contribution < -0.4 is 0 Å². The Morgan fingerprint density at radius 3 is 1.41 bits per heavy atom. The van der Waals surface area contributed by atoms with Crippen LogP contribution in [0.3, 0.4) is 0 Å². The molecule has 34 heavy (non-hydrogen) atoms. The van der Waals surface area contributed by atoms with Crippen molar-refractivity contribution in [2.24, 2.45) is 0 Å². The van der Waals surface area contributed by atoms with Gasteiger partial charge < -0.3 is 0 Å². The molecule has 3 heteroatoms. The third kappa shape index (κ3) is 3.24. The van der Waals surface area contributed by atoms with Crippen LogP contribution >= 0.6 is 0 Å². The molecular weight excluding hydrogens is 429 g/mol. The second-order valence-corrected chi connectivity index (χ2v) is 8.45. The van der Waals surface area contributed by atoms with Crippen LogP contribution in [0.5, 0.6) is 0 Å². The quantitative estimate of drug-likeness (QED) is 0.231. The molecule has 0 unspecified atom stereocenters. The molecule has 6 aromatic rings. The number of rotatable bonds is 2. The van der Waals surface area contributed by atoms with Gasteiger partial charge in [-0.3, -0.25) is 0 Å². The predicted octanol–water partition coefficient (Wildman–Crippen LogP) is 9.50. The first-order chi connectivity index (χ1) is 16.5. The number of benzene rings is 6. The van der Waals surface area contributed by atoms with Crippen LogP contribution in [0.15, 0.2) is 115 Å². The second kappa shape index (κ2) is 7.74. The lowest BCUT2D eigenvalue weighted by Crippen LogP contribution is -2.08. The Hall–Kier alpha value is -4.11. The van der Waals surface area contributed by atoms with E-state index in [-0.39, 0.29) is 5.56 Å². The van der Waals surface area contributed by atoms with Gasteiger partial charge in [-0.05, 0) is 66.7 Å². The third-order valence-corrected chi connectivity index (χ3v) is 6.45. The van der Waals surface area contributed by atoms with Crippen molar-refractivity contribution in [1.29, 1.82) is 0 Å². The van der Waals surface area contributed by atoms with Crippen LogP contribution in [-0.2, 0) is 6.18 Å². The fourth-order valence-electron chi connectivity index (χ4n) is 5.02. The Morgan fingerprint density at radius 1 is 0.441 bits per heavy atom. The Kier molecular flexibility index (Phi) is 4.66. The molecule has 0 nitrogen and oxygen atoms in total. The van der Waals surface area contributed by atoms with Crippen molar-refractivity contribution in [3.8, 4) is 22.3 Å². The van der Waals surface area contributed by atoms with E-state index in [9.17, 15) is 13.2 Å². The van der Waals surface area contributed by atoms with Crippen LogP contribution in [0.1, 0.15) is 5.56 Å². The molecule has 0 aromatic heterocycles. The van der Waals surface area contributed by atoms with Gasteiger partial charge in [0.05, 0.1) is 5.56 Å². The molecule has 0 radical (unpaired) electrons. The molecule has 0 fully saturated rings. The number of alkyl halides is 3. The molecule has 0 spiro atoms. The molecule has 0 saturated carbocycles. The van der Waals surface area contributed by atoms with E-state index in [0.29, 0.717) is 10.9 Å². The van der Waals surface area contributed by atoms with Gasteiger partial charge in [-0.2, -0.15) is 13.2 Å². The van der Waals surface area contributed by atoms with Crippen LogP contribution in [0.4, 0.5) is 13.2 Å². The van der Waals surface area contributed by atoms with Crippen molar-refractivity contribution in [2.75, 3.05) is 0 Å². The van der Waals surface area contributed by atoms with E-state index < -0.39 is 11.7 Å². The van der Waals surface area contributed by atoms with Crippen molar-refractivity contribution < 1.29 is 13.2 Å². The van der Waals surface area contributed by atoms with Gasteiger partial charge in [0.2, 0.25) is 0 Å². The van der Waals surface area contributed by atoms with E-state index in [1.807, 2.05) is 91.0 Å². The molecule has 0 saturated heterocycles. The molecule has 0 heterocycles. The summed E-state index contributed by atoms with van der Waals surface area (Å²) in [4.78, 5) is 0. The molecule has 0 atom stereocenters. The van der Waals surface area contributed by atoms with Crippen LogP contribution in [-0.4, -0.2) is 0 Å². The average Bonchev–Trinajstić information content (AvgIpc) is 2.86. The zero-order chi connectivity index (χ0) is 23.3. The summed E-state index contributed by atoms with van der Waals surface area (Å²) in [5, 5.41) is 4.84. The highest BCUT2D eigenvalue weighted by Gasteiger charge is 2.35. The SMILES string of the molecule is FC(F)(F)c1cc2ccccc2cc1-c1c2ccccc2c(-c2ccccc2)c2ccccc12. The lowest BCUT2D eigenvalue weighted by molar-refractivity contribution is -0.137. The Balaban J connectivity index is 1.83. The molecule has 0 amide bonds. The number of halogens is 3. The summed E-state index contributed by atoms with van der Waals surface area (Å²) in [6, 6.07) is 35.7. The second-order valence-electron chi connectivity index (χ2n) is 8.45. The third-order valence-electron chi connectivity index (χ3n) is 6.45. The lowest BCUT2D eigenvalue weighted by atomic mass is 9.84. The zero-order valence-corrected chi connectivity index (χ0v) is 18.1. The summed E-state index contributed by atoms with van der Waals surface area (Å²) >= 11 is 0.